The van der Waals surface area contributed by atoms with E-state index >= 15 is 0 Å². The normalized spacial score (nSPS) is 15.1. The lowest BCUT2D eigenvalue weighted by Gasteiger charge is -2.27. The van der Waals surface area contributed by atoms with Crippen LogP contribution in [0, 0.1) is 6.92 Å². The summed E-state index contributed by atoms with van der Waals surface area (Å²) in [5, 5.41) is 0.317. The third kappa shape index (κ3) is 5.08. The minimum absolute atomic E-state index is 0.0274. The first kappa shape index (κ1) is 21.6. The van der Waals surface area contributed by atoms with Crippen molar-refractivity contribution in [3.8, 4) is 5.75 Å². The quantitative estimate of drug-likeness (QED) is 0.746. The number of nitrogens with one attached hydrogen (secondary N) is 1. The van der Waals surface area contributed by atoms with Crippen LogP contribution < -0.4 is 9.46 Å². The number of amides is 1. The lowest BCUT2D eigenvalue weighted by molar-refractivity contribution is 0.0338. The molecule has 7 nitrogen and oxygen atoms in total. The van der Waals surface area contributed by atoms with Crippen molar-refractivity contribution in [3.63, 3.8) is 0 Å². The van der Waals surface area contributed by atoms with Gasteiger partial charge in [-0.25, -0.2) is 13.1 Å². The van der Waals surface area contributed by atoms with E-state index in [2.05, 4.69) is 9.62 Å². The van der Waals surface area contributed by atoms with Crippen molar-refractivity contribution in [2.45, 2.75) is 18.4 Å². The molecule has 0 saturated carbocycles. The fourth-order valence-corrected chi connectivity index (χ4v) is 4.63. The predicted octanol–water partition coefficient (Wildman–Crippen LogP) is 2.61. The van der Waals surface area contributed by atoms with E-state index in [-0.39, 0.29) is 10.5 Å². The summed E-state index contributed by atoms with van der Waals surface area (Å²) >= 11 is 6.02. The van der Waals surface area contributed by atoms with Gasteiger partial charge < -0.3 is 9.47 Å². The average molecular weight is 439 g/mol. The molecule has 156 valence electrons. The summed E-state index contributed by atoms with van der Waals surface area (Å²) in [6, 6.07) is 9.40. The van der Waals surface area contributed by atoms with Crippen LogP contribution in [-0.4, -0.2) is 52.6 Å². The van der Waals surface area contributed by atoms with Crippen molar-refractivity contribution in [2.24, 2.45) is 0 Å². The molecular weight excluding hydrogens is 416 g/mol. The van der Waals surface area contributed by atoms with Gasteiger partial charge in [-0.2, -0.15) is 0 Å². The molecule has 29 heavy (non-hydrogen) atoms. The fraction of sp³-hybridized carbons (Fsp3) is 0.350. The molecule has 0 atom stereocenters. The number of benzene rings is 2. The van der Waals surface area contributed by atoms with Gasteiger partial charge in [0.2, 0.25) is 0 Å². The monoisotopic (exact) mass is 438 g/mol. The van der Waals surface area contributed by atoms with Gasteiger partial charge in [0.15, 0.2) is 0 Å². The number of morpholine rings is 1. The van der Waals surface area contributed by atoms with Crippen molar-refractivity contribution in [3.05, 3.63) is 58.1 Å². The Balaban J connectivity index is 1.83. The third-order valence-corrected chi connectivity index (χ3v) is 6.66. The lowest BCUT2D eigenvalue weighted by Crippen LogP contribution is -2.36. The summed E-state index contributed by atoms with van der Waals surface area (Å²) in [6.45, 7) is 5.03. The first-order chi connectivity index (χ1) is 13.8. The molecule has 1 heterocycles. The highest BCUT2D eigenvalue weighted by Gasteiger charge is 2.23. The molecule has 0 unspecified atom stereocenters. The molecule has 1 N–H and O–H groups in total. The maximum absolute atomic E-state index is 12.7. The van der Waals surface area contributed by atoms with Crippen molar-refractivity contribution < 1.29 is 22.7 Å². The van der Waals surface area contributed by atoms with Gasteiger partial charge in [-0.1, -0.05) is 17.7 Å². The van der Waals surface area contributed by atoms with E-state index in [1.807, 2.05) is 0 Å². The molecule has 0 radical (unpaired) electrons. The molecule has 1 aliphatic rings. The molecule has 1 fully saturated rings. The predicted molar refractivity (Wildman–Crippen MR) is 110 cm³/mol. The Bertz CT molecular complexity index is 1000. The highest BCUT2D eigenvalue weighted by Crippen LogP contribution is 2.24. The number of rotatable bonds is 6. The largest absolute Gasteiger partial charge is 0.496 e. The maximum atomic E-state index is 12.7. The van der Waals surface area contributed by atoms with E-state index in [0.29, 0.717) is 36.1 Å². The Morgan fingerprint density at radius 3 is 2.66 bits per heavy atom. The van der Waals surface area contributed by atoms with Crippen LogP contribution in [0.5, 0.6) is 5.75 Å². The van der Waals surface area contributed by atoms with Gasteiger partial charge in [-0.15, -0.1) is 0 Å². The average Bonchev–Trinajstić information content (AvgIpc) is 2.70. The number of carbonyl (C=O) groups is 1. The molecule has 0 aliphatic carbocycles. The number of ether oxygens (including phenoxy) is 2. The SMILES string of the molecule is COc1ccc(C(=O)NS(=O)(=O)c2cccc(Cl)c2C)cc1CN1CCOCC1. The second-order valence-corrected chi connectivity index (χ2v) is 8.77. The number of methoxy groups -OCH3 is 1. The summed E-state index contributed by atoms with van der Waals surface area (Å²) in [5.41, 5.74) is 1.42. The van der Waals surface area contributed by atoms with Gasteiger partial charge in [-0.05, 0) is 42.8 Å². The smallest absolute Gasteiger partial charge is 0.265 e. The molecule has 1 saturated heterocycles. The van der Waals surface area contributed by atoms with Crippen LogP contribution in [0.4, 0.5) is 0 Å². The van der Waals surface area contributed by atoms with Gasteiger partial charge in [-0.3, -0.25) is 9.69 Å². The zero-order valence-electron chi connectivity index (χ0n) is 16.3. The summed E-state index contributed by atoms with van der Waals surface area (Å²) < 4.78 is 38.2. The highest BCUT2D eigenvalue weighted by molar-refractivity contribution is 7.90. The second-order valence-electron chi connectivity index (χ2n) is 6.71. The maximum Gasteiger partial charge on any atom is 0.265 e. The van der Waals surface area contributed by atoms with E-state index in [1.165, 1.54) is 18.2 Å². The van der Waals surface area contributed by atoms with Crippen LogP contribution in [0.15, 0.2) is 41.3 Å². The molecule has 3 rings (SSSR count). The molecule has 1 amide bonds. The number of hydrogen-bond donors (Lipinski definition) is 1. The van der Waals surface area contributed by atoms with Crippen molar-refractivity contribution in [1.29, 1.82) is 0 Å². The number of sulfonamides is 1. The molecule has 9 heteroatoms. The highest BCUT2D eigenvalue weighted by atomic mass is 35.5. The van der Waals surface area contributed by atoms with Gasteiger partial charge in [0.1, 0.15) is 5.75 Å². The van der Waals surface area contributed by atoms with Crippen molar-refractivity contribution >= 4 is 27.5 Å². The van der Waals surface area contributed by atoms with E-state index in [0.717, 1.165) is 18.7 Å². The topological polar surface area (TPSA) is 84.9 Å². The van der Waals surface area contributed by atoms with Crippen molar-refractivity contribution in [1.82, 2.24) is 9.62 Å². The number of nitrogens with zero attached hydrogens (tertiary/aromatic N) is 1. The number of hydrogen-bond acceptors (Lipinski definition) is 6. The summed E-state index contributed by atoms with van der Waals surface area (Å²) in [6.07, 6.45) is 0. The van der Waals surface area contributed by atoms with E-state index in [1.54, 1.807) is 32.2 Å². The van der Waals surface area contributed by atoms with E-state index < -0.39 is 15.9 Å². The number of halogens is 1. The van der Waals surface area contributed by atoms with Crippen molar-refractivity contribution in [2.75, 3.05) is 33.4 Å². The van der Waals surface area contributed by atoms with Gasteiger partial charge in [0.25, 0.3) is 15.9 Å². The first-order valence-electron chi connectivity index (χ1n) is 9.11. The minimum atomic E-state index is -4.06. The Labute approximate surface area is 175 Å². The second kappa shape index (κ2) is 9.13. The van der Waals surface area contributed by atoms with Crippen LogP contribution in [0.1, 0.15) is 21.5 Å². The summed E-state index contributed by atoms with van der Waals surface area (Å²) in [4.78, 5) is 14.8. The molecule has 1 aliphatic heterocycles. The van der Waals surface area contributed by atoms with E-state index in [4.69, 9.17) is 21.1 Å². The van der Waals surface area contributed by atoms with Gasteiger partial charge >= 0.3 is 0 Å². The molecule has 2 aromatic carbocycles. The Kier molecular flexibility index (Phi) is 6.79. The Morgan fingerprint density at radius 2 is 1.97 bits per heavy atom. The van der Waals surface area contributed by atoms with Crippen LogP contribution in [0.3, 0.4) is 0 Å². The van der Waals surface area contributed by atoms with Crippen LogP contribution in [0.25, 0.3) is 0 Å². The number of carbonyl (C=O) groups excluding carboxylic acids is 1. The third-order valence-electron chi connectivity index (χ3n) is 4.77. The zero-order chi connectivity index (χ0) is 21.0. The van der Waals surface area contributed by atoms with Crippen LogP contribution in [0.2, 0.25) is 5.02 Å². The zero-order valence-corrected chi connectivity index (χ0v) is 17.8. The van der Waals surface area contributed by atoms with Crippen LogP contribution >= 0.6 is 11.6 Å². The molecule has 0 bridgehead atoms. The molecular formula is C20H23ClN2O5S. The molecule has 0 aromatic heterocycles. The fourth-order valence-electron chi connectivity index (χ4n) is 3.16. The first-order valence-corrected chi connectivity index (χ1v) is 11.0. The lowest BCUT2D eigenvalue weighted by atomic mass is 10.1. The Hall–Kier alpha value is -2.13. The van der Waals surface area contributed by atoms with Crippen LogP contribution in [-0.2, 0) is 21.3 Å². The Morgan fingerprint density at radius 1 is 1.24 bits per heavy atom. The molecule has 0 spiro atoms. The standard InChI is InChI=1S/C20H23ClN2O5S/c1-14-17(21)4-3-5-19(14)29(25,26)22-20(24)15-6-7-18(27-2)16(12-15)13-23-8-10-28-11-9-23/h3-7,12H,8-11,13H2,1-2H3,(H,22,24). The van der Waals surface area contributed by atoms with Gasteiger partial charge in [0.05, 0.1) is 25.2 Å². The van der Waals surface area contributed by atoms with E-state index in [9.17, 15) is 13.2 Å². The summed E-state index contributed by atoms with van der Waals surface area (Å²) in [7, 11) is -2.50. The molecule has 2 aromatic rings. The summed E-state index contributed by atoms with van der Waals surface area (Å²) in [5.74, 6) is -0.0724. The minimum Gasteiger partial charge on any atom is -0.496 e. The van der Waals surface area contributed by atoms with Gasteiger partial charge in [0, 0.05) is 35.8 Å².